The molecule has 2 saturated carbocycles. The number of benzene rings is 2. The van der Waals surface area contributed by atoms with E-state index in [1.807, 2.05) is 24.6 Å². The Kier molecular flexibility index (Phi) is 5.22. The average Bonchev–Trinajstić information content (AvgIpc) is 3.62. The van der Waals surface area contributed by atoms with Crippen molar-refractivity contribution in [3.05, 3.63) is 94.1 Å². The van der Waals surface area contributed by atoms with E-state index >= 15 is 0 Å². The summed E-state index contributed by atoms with van der Waals surface area (Å²) >= 11 is 1.63. The zero-order valence-electron chi connectivity index (χ0n) is 18.8. The molecule has 4 nitrogen and oxygen atoms in total. The molecule has 0 saturated heterocycles. The summed E-state index contributed by atoms with van der Waals surface area (Å²) in [6, 6.07) is 22.0. The number of rotatable bonds is 6. The molecular formula is C28H27N3OS. The number of aromatic nitrogens is 3. The molecule has 0 amide bonds. The largest absolute Gasteiger partial charge is 0.486 e. The highest BCUT2D eigenvalue weighted by Crippen LogP contribution is 2.60. The van der Waals surface area contributed by atoms with Gasteiger partial charge in [0, 0.05) is 22.6 Å². The van der Waals surface area contributed by atoms with Crippen LogP contribution >= 0.6 is 11.3 Å². The van der Waals surface area contributed by atoms with E-state index < -0.39 is 0 Å². The lowest BCUT2D eigenvalue weighted by molar-refractivity contribution is 0.303. The number of thiazole rings is 1. The molecule has 166 valence electrons. The van der Waals surface area contributed by atoms with Crippen LogP contribution < -0.4 is 4.74 Å². The number of fused-ring (bicyclic) bond motifs is 2. The molecule has 4 aromatic rings. The number of hydrogen-bond acceptors (Lipinski definition) is 5. The fraction of sp³-hybridized carbons (Fsp3) is 0.321. The van der Waals surface area contributed by atoms with E-state index in [4.69, 9.17) is 4.74 Å². The molecule has 2 aliphatic rings. The van der Waals surface area contributed by atoms with E-state index in [1.165, 1.54) is 36.8 Å². The topological polar surface area (TPSA) is 47.9 Å². The van der Waals surface area contributed by atoms with Gasteiger partial charge in [0.2, 0.25) is 0 Å². The highest BCUT2D eigenvalue weighted by atomic mass is 32.1. The summed E-state index contributed by atoms with van der Waals surface area (Å²) in [5.74, 6) is 2.44. The molecule has 0 aliphatic heterocycles. The van der Waals surface area contributed by atoms with Gasteiger partial charge >= 0.3 is 0 Å². The minimum Gasteiger partial charge on any atom is -0.486 e. The van der Waals surface area contributed by atoms with Crippen LogP contribution in [0, 0.1) is 18.8 Å². The maximum atomic E-state index is 5.98. The van der Waals surface area contributed by atoms with Gasteiger partial charge in [0.15, 0.2) is 0 Å². The van der Waals surface area contributed by atoms with Crippen LogP contribution in [0.25, 0.3) is 11.3 Å². The SMILES string of the molecule is Cc1ccc(-c2ccc([C@]3(c4ccc(OCc5nccs5)cc4)CC4CCC3C4)cc2)nn1. The van der Waals surface area contributed by atoms with Crippen LogP contribution in [0.2, 0.25) is 0 Å². The molecule has 0 radical (unpaired) electrons. The Labute approximate surface area is 198 Å². The van der Waals surface area contributed by atoms with E-state index in [0.29, 0.717) is 12.5 Å². The molecule has 2 fully saturated rings. The Bertz CT molecular complexity index is 1220. The fourth-order valence-corrected chi connectivity index (χ4v) is 6.54. The average molecular weight is 454 g/mol. The molecule has 2 unspecified atom stereocenters. The van der Waals surface area contributed by atoms with E-state index in [2.05, 4.69) is 69.8 Å². The first kappa shape index (κ1) is 20.5. The molecule has 2 bridgehead atoms. The molecule has 33 heavy (non-hydrogen) atoms. The number of aryl methyl sites for hydroxylation is 1. The van der Waals surface area contributed by atoms with Gasteiger partial charge in [-0.3, -0.25) is 0 Å². The van der Waals surface area contributed by atoms with Gasteiger partial charge in [-0.15, -0.1) is 11.3 Å². The predicted octanol–water partition coefficient (Wildman–Crippen LogP) is 6.59. The Balaban J connectivity index is 1.30. The molecule has 2 aromatic carbocycles. The van der Waals surface area contributed by atoms with Gasteiger partial charge in [-0.25, -0.2) is 4.98 Å². The zero-order chi connectivity index (χ0) is 22.3. The molecule has 2 aliphatic carbocycles. The number of nitrogens with zero attached hydrogens (tertiary/aromatic N) is 3. The monoisotopic (exact) mass is 453 g/mol. The molecule has 5 heteroatoms. The Morgan fingerprint density at radius 1 is 0.939 bits per heavy atom. The molecule has 2 aromatic heterocycles. The van der Waals surface area contributed by atoms with Crippen molar-refractivity contribution >= 4 is 11.3 Å². The van der Waals surface area contributed by atoms with E-state index in [9.17, 15) is 0 Å². The minimum atomic E-state index is 0.0915. The lowest BCUT2D eigenvalue weighted by atomic mass is 9.64. The third-order valence-corrected chi connectivity index (χ3v) is 8.31. The summed E-state index contributed by atoms with van der Waals surface area (Å²) in [6.07, 6.45) is 7.09. The van der Waals surface area contributed by atoms with Crippen LogP contribution in [-0.2, 0) is 12.0 Å². The van der Waals surface area contributed by atoms with Gasteiger partial charge in [-0.1, -0.05) is 42.8 Å². The standard InChI is InChI=1S/C28H27N3OS/c1-19-2-13-26(31-30-19)21-4-7-22(8-5-21)28(17-20-3-6-24(28)16-20)23-9-11-25(12-10-23)32-18-27-29-14-15-33-27/h2,4-5,7-15,20,24H,3,6,16-18H2,1H3/t20?,24?,28-/m0/s1. The molecule has 3 atom stereocenters. The van der Waals surface area contributed by atoms with Crippen molar-refractivity contribution in [2.75, 3.05) is 0 Å². The summed E-state index contributed by atoms with van der Waals surface area (Å²) in [5.41, 5.74) is 5.92. The second-order valence-electron chi connectivity index (χ2n) is 9.43. The van der Waals surface area contributed by atoms with Crippen molar-refractivity contribution in [1.82, 2.24) is 15.2 Å². The molecule has 2 heterocycles. The second kappa shape index (κ2) is 8.38. The van der Waals surface area contributed by atoms with E-state index in [0.717, 1.165) is 33.6 Å². The van der Waals surface area contributed by atoms with Crippen LogP contribution in [0.5, 0.6) is 5.75 Å². The maximum Gasteiger partial charge on any atom is 0.140 e. The number of hydrogen-bond donors (Lipinski definition) is 0. The van der Waals surface area contributed by atoms with Crippen molar-refractivity contribution in [2.45, 2.75) is 44.6 Å². The molecule has 0 N–H and O–H groups in total. The molecule has 6 rings (SSSR count). The smallest absolute Gasteiger partial charge is 0.140 e. The number of ether oxygens (including phenoxy) is 1. The lowest BCUT2D eigenvalue weighted by Gasteiger charge is -2.39. The van der Waals surface area contributed by atoms with Crippen molar-refractivity contribution in [1.29, 1.82) is 0 Å². The second-order valence-corrected chi connectivity index (χ2v) is 10.4. The normalized spacial score (nSPS) is 23.7. The summed E-state index contributed by atoms with van der Waals surface area (Å²) in [6.45, 7) is 2.49. The van der Waals surface area contributed by atoms with Gasteiger partial charge in [0.25, 0.3) is 0 Å². The Hall–Kier alpha value is -3.05. The fourth-order valence-electron chi connectivity index (χ4n) is 6.01. The first-order chi connectivity index (χ1) is 16.2. The van der Waals surface area contributed by atoms with Gasteiger partial charge in [-0.05, 0) is 73.4 Å². The van der Waals surface area contributed by atoms with Crippen LogP contribution in [0.3, 0.4) is 0 Å². The van der Waals surface area contributed by atoms with Crippen LogP contribution in [-0.4, -0.2) is 15.2 Å². The van der Waals surface area contributed by atoms with Gasteiger partial charge in [0.05, 0.1) is 11.4 Å². The Morgan fingerprint density at radius 2 is 1.73 bits per heavy atom. The lowest BCUT2D eigenvalue weighted by Crippen LogP contribution is -2.34. The maximum absolute atomic E-state index is 5.98. The molecular weight excluding hydrogens is 426 g/mol. The van der Waals surface area contributed by atoms with E-state index in [1.54, 1.807) is 11.3 Å². The third kappa shape index (κ3) is 3.74. The van der Waals surface area contributed by atoms with Gasteiger partial charge < -0.3 is 4.74 Å². The predicted molar refractivity (Wildman–Crippen MR) is 131 cm³/mol. The first-order valence-corrected chi connectivity index (χ1v) is 12.6. The van der Waals surface area contributed by atoms with E-state index in [-0.39, 0.29) is 5.41 Å². The summed E-state index contributed by atoms with van der Waals surface area (Å²) < 4.78 is 5.98. The van der Waals surface area contributed by atoms with Crippen molar-refractivity contribution in [3.8, 4) is 17.0 Å². The highest BCUT2D eigenvalue weighted by Gasteiger charge is 2.52. The summed E-state index contributed by atoms with van der Waals surface area (Å²) in [4.78, 5) is 4.31. The minimum absolute atomic E-state index is 0.0915. The van der Waals surface area contributed by atoms with Crippen LogP contribution in [0.1, 0.15) is 47.5 Å². The van der Waals surface area contributed by atoms with Crippen molar-refractivity contribution in [2.24, 2.45) is 11.8 Å². The quantitative estimate of drug-likeness (QED) is 0.330. The summed E-state index contributed by atoms with van der Waals surface area (Å²) in [5, 5.41) is 11.6. The summed E-state index contributed by atoms with van der Waals surface area (Å²) in [7, 11) is 0. The zero-order valence-corrected chi connectivity index (χ0v) is 19.6. The van der Waals surface area contributed by atoms with Gasteiger partial charge in [0.1, 0.15) is 17.4 Å². The Morgan fingerprint density at radius 3 is 2.33 bits per heavy atom. The first-order valence-electron chi connectivity index (χ1n) is 11.7. The van der Waals surface area contributed by atoms with Crippen molar-refractivity contribution in [3.63, 3.8) is 0 Å². The van der Waals surface area contributed by atoms with Crippen molar-refractivity contribution < 1.29 is 4.74 Å². The van der Waals surface area contributed by atoms with Gasteiger partial charge in [-0.2, -0.15) is 10.2 Å². The van der Waals surface area contributed by atoms with Crippen LogP contribution in [0.4, 0.5) is 0 Å². The highest BCUT2D eigenvalue weighted by molar-refractivity contribution is 7.09. The van der Waals surface area contributed by atoms with Crippen LogP contribution in [0.15, 0.2) is 72.2 Å². The molecule has 0 spiro atoms. The third-order valence-electron chi connectivity index (χ3n) is 7.56.